The van der Waals surface area contributed by atoms with Crippen molar-refractivity contribution in [3.63, 3.8) is 0 Å². The Bertz CT molecular complexity index is 1010. The average Bonchev–Trinajstić information content (AvgIpc) is 2.91. The molecule has 0 unspecified atom stereocenters. The quantitative estimate of drug-likeness (QED) is 0.343. The zero-order valence-electron chi connectivity index (χ0n) is 19.8. The van der Waals surface area contributed by atoms with Gasteiger partial charge in [-0.25, -0.2) is 10.5 Å². The second-order valence-electron chi connectivity index (χ2n) is 8.33. The summed E-state index contributed by atoms with van der Waals surface area (Å²) < 4.78 is 5.45. The van der Waals surface area contributed by atoms with E-state index in [2.05, 4.69) is 4.98 Å². The smallest absolute Gasteiger partial charge is 0.272 e. The monoisotopic (exact) mass is 481 g/mol. The molecule has 10 heteroatoms. The van der Waals surface area contributed by atoms with E-state index in [1.165, 1.54) is 11.7 Å². The average molecular weight is 482 g/mol. The van der Waals surface area contributed by atoms with E-state index < -0.39 is 17.9 Å². The van der Waals surface area contributed by atoms with Gasteiger partial charge in [-0.2, -0.15) is 5.26 Å². The Morgan fingerprint density at radius 3 is 2.46 bits per heavy atom. The molecular formula is C25H31N5O5. The van der Waals surface area contributed by atoms with Gasteiger partial charge in [0.1, 0.15) is 23.7 Å². The van der Waals surface area contributed by atoms with E-state index in [9.17, 15) is 14.7 Å². The summed E-state index contributed by atoms with van der Waals surface area (Å²) in [5, 5.41) is 28.4. The van der Waals surface area contributed by atoms with E-state index in [1.807, 2.05) is 42.2 Å². The summed E-state index contributed by atoms with van der Waals surface area (Å²) in [5.74, 6) is -0.771. The molecule has 2 amide bonds. The largest absolute Gasteiger partial charge is 0.494 e. The van der Waals surface area contributed by atoms with Crippen molar-refractivity contribution >= 4 is 17.6 Å². The second kappa shape index (κ2) is 12.7. The molecule has 2 atom stereocenters. The van der Waals surface area contributed by atoms with Crippen LogP contribution in [-0.2, 0) is 16.0 Å². The van der Waals surface area contributed by atoms with Gasteiger partial charge in [0.15, 0.2) is 0 Å². The molecule has 0 radical (unpaired) electrons. The van der Waals surface area contributed by atoms with Gasteiger partial charge in [-0.1, -0.05) is 12.1 Å². The minimum Gasteiger partial charge on any atom is -0.494 e. The van der Waals surface area contributed by atoms with Crippen LogP contribution in [0.15, 0.2) is 42.6 Å². The highest BCUT2D eigenvalue weighted by molar-refractivity contribution is 5.88. The summed E-state index contributed by atoms with van der Waals surface area (Å²) in [4.78, 5) is 33.1. The number of benzene rings is 1. The third kappa shape index (κ3) is 6.91. The molecule has 186 valence electrons. The number of nitriles is 1. The number of nitrogens with zero attached hydrogens (tertiary/aromatic N) is 4. The molecule has 0 bridgehead atoms. The van der Waals surface area contributed by atoms with Gasteiger partial charge in [-0.3, -0.25) is 14.8 Å². The molecule has 1 aromatic carbocycles. The fourth-order valence-corrected chi connectivity index (χ4v) is 4.14. The maximum Gasteiger partial charge on any atom is 0.272 e. The number of rotatable bonds is 10. The van der Waals surface area contributed by atoms with Gasteiger partial charge < -0.3 is 19.6 Å². The lowest BCUT2D eigenvalue weighted by Gasteiger charge is -2.37. The summed E-state index contributed by atoms with van der Waals surface area (Å²) in [6.45, 7) is 4.39. The number of hydroxylamine groups is 1. The van der Waals surface area contributed by atoms with Gasteiger partial charge in [0, 0.05) is 32.4 Å². The predicted octanol–water partition coefficient (Wildman–Crippen LogP) is 1.51. The van der Waals surface area contributed by atoms with E-state index >= 15 is 0 Å². The summed E-state index contributed by atoms with van der Waals surface area (Å²) >= 11 is 0. The Morgan fingerprint density at radius 1 is 1.17 bits per heavy atom. The van der Waals surface area contributed by atoms with Crippen molar-refractivity contribution < 1.29 is 24.6 Å². The fourth-order valence-electron chi connectivity index (χ4n) is 4.14. The van der Waals surface area contributed by atoms with Crippen molar-refractivity contribution in [1.82, 2.24) is 15.4 Å². The lowest BCUT2D eigenvalue weighted by Crippen LogP contribution is -2.53. The molecular weight excluding hydrogens is 450 g/mol. The van der Waals surface area contributed by atoms with Crippen molar-refractivity contribution in [2.24, 2.45) is 5.92 Å². The summed E-state index contributed by atoms with van der Waals surface area (Å²) in [6, 6.07) is 13.2. The number of nitrogens with one attached hydrogen (secondary N) is 1. The van der Waals surface area contributed by atoms with Crippen LogP contribution in [0, 0.1) is 17.2 Å². The highest BCUT2D eigenvalue weighted by Gasteiger charge is 2.35. The number of anilines is 1. The minimum atomic E-state index is -1.65. The Labute approximate surface area is 204 Å². The number of hydrogen-bond donors (Lipinski definition) is 3. The van der Waals surface area contributed by atoms with Crippen LogP contribution in [0.25, 0.3) is 0 Å². The normalized spacial score (nSPS) is 15.1. The third-order valence-electron chi connectivity index (χ3n) is 6.08. The van der Waals surface area contributed by atoms with Crippen LogP contribution in [0.1, 0.15) is 30.9 Å². The number of aryl methyl sites for hydroxylation is 1. The molecule has 35 heavy (non-hydrogen) atoms. The summed E-state index contributed by atoms with van der Waals surface area (Å²) in [6.07, 6.45) is 1.40. The number of hydrogen-bond acceptors (Lipinski definition) is 8. The molecule has 1 aliphatic heterocycles. The first-order valence-corrected chi connectivity index (χ1v) is 11.7. The number of pyridine rings is 1. The molecule has 0 aliphatic carbocycles. The highest BCUT2D eigenvalue weighted by Crippen LogP contribution is 2.21. The van der Waals surface area contributed by atoms with Crippen molar-refractivity contribution in [2.45, 2.75) is 32.3 Å². The maximum absolute atomic E-state index is 13.3. The molecule has 2 heterocycles. The molecule has 1 aromatic heterocycles. The first kappa shape index (κ1) is 25.9. The van der Waals surface area contributed by atoms with Crippen LogP contribution in [0.4, 0.5) is 5.82 Å². The fraction of sp³-hybridized carbons (Fsp3) is 0.440. The van der Waals surface area contributed by atoms with Crippen molar-refractivity contribution in [3.05, 3.63) is 53.7 Å². The van der Waals surface area contributed by atoms with E-state index in [1.54, 1.807) is 17.0 Å². The van der Waals surface area contributed by atoms with Crippen LogP contribution in [0.2, 0.25) is 0 Å². The lowest BCUT2D eigenvalue weighted by molar-refractivity contribution is -0.151. The third-order valence-corrected chi connectivity index (χ3v) is 6.08. The number of amides is 2. The molecule has 1 saturated heterocycles. The van der Waals surface area contributed by atoms with E-state index in [0.29, 0.717) is 51.2 Å². The molecule has 3 rings (SSSR count). The van der Waals surface area contributed by atoms with Crippen LogP contribution in [0.5, 0.6) is 5.75 Å². The SMILES string of the molecule is CCOc1ccc(CCC[C@@H](C(=O)N2CCN(c3ccc(C#N)cn3)CC2)[C@H](O)C(=O)NO)cc1. The van der Waals surface area contributed by atoms with Gasteiger partial charge in [0.25, 0.3) is 5.91 Å². The van der Waals surface area contributed by atoms with Crippen LogP contribution < -0.4 is 15.1 Å². The number of ether oxygens (including phenoxy) is 1. The van der Waals surface area contributed by atoms with Gasteiger partial charge in [0.05, 0.1) is 18.1 Å². The van der Waals surface area contributed by atoms with E-state index in [0.717, 1.165) is 17.1 Å². The van der Waals surface area contributed by atoms with Gasteiger partial charge in [-0.15, -0.1) is 0 Å². The molecule has 10 nitrogen and oxygen atoms in total. The van der Waals surface area contributed by atoms with Crippen LogP contribution >= 0.6 is 0 Å². The first-order chi connectivity index (χ1) is 17.0. The summed E-state index contributed by atoms with van der Waals surface area (Å²) in [7, 11) is 0. The Morgan fingerprint density at radius 2 is 1.89 bits per heavy atom. The Balaban J connectivity index is 1.59. The van der Waals surface area contributed by atoms with E-state index in [4.69, 9.17) is 15.2 Å². The second-order valence-corrected chi connectivity index (χ2v) is 8.33. The van der Waals surface area contributed by atoms with Crippen molar-refractivity contribution in [1.29, 1.82) is 5.26 Å². The zero-order valence-corrected chi connectivity index (χ0v) is 19.8. The van der Waals surface area contributed by atoms with Crippen molar-refractivity contribution in [3.8, 4) is 11.8 Å². The topological polar surface area (TPSA) is 139 Å². The van der Waals surface area contributed by atoms with Crippen LogP contribution in [0.3, 0.4) is 0 Å². The number of carbonyl (C=O) groups is 2. The summed E-state index contributed by atoms with van der Waals surface area (Å²) in [5.41, 5.74) is 2.99. The number of aliphatic hydroxyl groups excluding tert-OH is 1. The Hall–Kier alpha value is -3.68. The molecule has 1 aliphatic rings. The van der Waals surface area contributed by atoms with Crippen LogP contribution in [-0.4, -0.2) is 70.9 Å². The molecule has 1 fully saturated rings. The zero-order chi connectivity index (χ0) is 25.2. The number of aromatic nitrogens is 1. The van der Waals surface area contributed by atoms with Gasteiger partial charge >= 0.3 is 0 Å². The molecule has 0 spiro atoms. The standard InChI is InChI=1S/C25H31N5O5/c1-2-35-20-9-6-18(7-10-20)4-3-5-21(23(31)24(32)28-34)25(33)30-14-12-29(13-15-30)22-11-8-19(16-26)17-27-22/h6-11,17,21,23,31,34H,2-5,12-15H2,1H3,(H,28,32)/t21-,23+/m1/s1. The molecule has 3 N–H and O–H groups in total. The first-order valence-electron chi connectivity index (χ1n) is 11.7. The predicted molar refractivity (Wildman–Crippen MR) is 128 cm³/mol. The van der Waals surface area contributed by atoms with E-state index in [-0.39, 0.29) is 12.3 Å². The van der Waals surface area contributed by atoms with Gasteiger partial charge in [0.2, 0.25) is 5.91 Å². The number of carbonyl (C=O) groups excluding carboxylic acids is 2. The molecule has 0 saturated carbocycles. The van der Waals surface area contributed by atoms with Gasteiger partial charge in [-0.05, 0) is 56.0 Å². The highest BCUT2D eigenvalue weighted by atomic mass is 16.5. The van der Waals surface area contributed by atoms with Crippen molar-refractivity contribution in [2.75, 3.05) is 37.7 Å². The minimum absolute atomic E-state index is 0.290. The maximum atomic E-state index is 13.3. The number of aliphatic hydroxyl groups is 1. The lowest BCUT2D eigenvalue weighted by atomic mass is 9.92. The Kier molecular flexibility index (Phi) is 9.40. The number of piperazine rings is 1. The molecule has 2 aromatic rings.